The number of ether oxygens (including phenoxy) is 4. The van der Waals surface area contributed by atoms with Crippen molar-refractivity contribution in [2.24, 2.45) is 16.8 Å². The molecule has 14 nitrogen and oxygen atoms in total. The minimum absolute atomic E-state index is 0.00662. The van der Waals surface area contributed by atoms with Crippen molar-refractivity contribution in [2.75, 3.05) is 53.4 Å². The van der Waals surface area contributed by atoms with Crippen molar-refractivity contribution in [3.05, 3.63) is 95.1 Å². The fourth-order valence-electron chi connectivity index (χ4n) is 8.98. The van der Waals surface area contributed by atoms with E-state index in [1.807, 2.05) is 103 Å². The third-order valence-electron chi connectivity index (χ3n) is 12.6. The van der Waals surface area contributed by atoms with Crippen molar-refractivity contribution >= 4 is 52.2 Å². The van der Waals surface area contributed by atoms with Crippen LogP contribution in [0.5, 0.6) is 11.5 Å². The number of terminal acetylenes is 1. The minimum atomic E-state index is -0.879. The van der Waals surface area contributed by atoms with Crippen LogP contribution in [-0.4, -0.2) is 94.2 Å². The van der Waals surface area contributed by atoms with Gasteiger partial charge in [0.1, 0.15) is 30.4 Å². The average Bonchev–Trinajstić information content (AvgIpc) is 4.00. The Kier molecular flexibility index (Phi) is 43.1. The number of aromatic hydroxyl groups is 1. The van der Waals surface area contributed by atoms with E-state index in [0.29, 0.717) is 25.0 Å². The van der Waals surface area contributed by atoms with Crippen molar-refractivity contribution in [3.63, 3.8) is 0 Å². The predicted octanol–water partition coefficient (Wildman–Crippen LogP) is 16.3. The first-order valence-corrected chi connectivity index (χ1v) is 29.4. The van der Waals surface area contributed by atoms with Gasteiger partial charge in [-0.05, 0) is 91.3 Å². The van der Waals surface area contributed by atoms with Crippen LogP contribution < -0.4 is 20.7 Å². The lowest BCUT2D eigenvalue weighted by Crippen LogP contribution is -2.47. The van der Waals surface area contributed by atoms with Gasteiger partial charge in [-0.2, -0.15) is 0 Å². The molecule has 452 valence electrons. The van der Waals surface area contributed by atoms with Gasteiger partial charge in [-0.3, -0.25) is 9.79 Å². The van der Waals surface area contributed by atoms with Crippen LogP contribution in [0.1, 0.15) is 183 Å². The number of methoxy groups -OCH3 is 3. The van der Waals surface area contributed by atoms with Crippen LogP contribution in [0.3, 0.4) is 0 Å². The molecule has 4 atom stereocenters. The monoisotopic (exact) mass is 1120 g/mol. The van der Waals surface area contributed by atoms with Gasteiger partial charge in [0.15, 0.2) is 0 Å². The maximum Gasteiger partial charge on any atom is 0.407 e. The number of nitrogens with zero attached hydrogens (tertiary/aromatic N) is 2. The van der Waals surface area contributed by atoms with Crippen molar-refractivity contribution in [3.8, 4) is 35.5 Å². The summed E-state index contributed by atoms with van der Waals surface area (Å²) in [6.45, 7) is 31.0. The number of fused-ring (bicyclic) bond motifs is 4. The molecule has 4 N–H and O–H groups in total. The molecule has 0 aromatic heterocycles. The van der Waals surface area contributed by atoms with Crippen molar-refractivity contribution in [2.45, 2.75) is 180 Å². The first kappa shape index (κ1) is 76.2. The van der Waals surface area contributed by atoms with Gasteiger partial charge < -0.3 is 49.7 Å². The fourth-order valence-corrected chi connectivity index (χ4v) is 8.98. The molecule has 0 unspecified atom stereocenters. The molecule has 0 aliphatic carbocycles. The molecule has 81 heavy (non-hydrogen) atoms. The Morgan fingerprint density at radius 3 is 2.04 bits per heavy atom. The van der Waals surface area contributed by atoms with E-state index < -0.39 is 18.2 Å². The maximum atomic E-state index is 14.4. The highest BCUT2D eigenvalue weighted by atomic mass is 16.5. The SMILES string of the molecule is C#C.C/C=C(\N=C(CCC)[C@@H]1C[C@H](C)CN1C(=O)[C@H](NC(=O)OC)c1ccccc1)c1ccc2c(c1)COc1cc3c(NCCCC[C@H](C)CCCC)c(C)c(O)cc3cc1-2.CC.CC.CC.CCC.COC.COC(=O)NCC=O. The zero-order valence-electron chi connectivity index (χ0n) is 53.0. The number of nitrogens with one attached hydrogen (secondary N) is 3. The molecular weight excluding hydrogens is 1020 g/mol. The molecule has 3 amide bonds. The molecule has 2 aliphatic rings. The summed E-state index contributed by atoms with van der Waals surface area (Å²) in [7, 11) is 5.79. The van der Waals surface area contributed by atoms with Crippen LogP contribution in [0, 0.1) is 31.6 Å². The Labute approximate surface area is 489 Å². The number of amides is 3. The largest absolute Gasteiger partial charge is 0.508 e. The number of hydrogen-bond donors (Lipinski definition) is 4. The number of phenols is 1. The number of hydrogen-bond acceptors (Lipinski definition) is 11. The van der Waals surface area contributed by atoms with Crippen LogP contribution >= 0.6 is 0 Å². The number of carbonyl (C=O) groups is 4. The van der Waals surface area contributed by atoms with Gasteiger partial charge in [0.25, 0.3) is 0 Å². The summed E-state index contributed by atoms with van der Waals surface area (Å²) in [4.78, 5) is 53.7. The number of unbranched alkanes of at least 4 members (excludes halogenated alkanes) is 2. The Morgan fingerprint density at radius 2 is 1.47 bits per heavy atom. The van der Waals surface area contributed by atoms with E-state index in [-0.39, 0.29) is 30.2 Å². The zero-order valence-corrected chi connectivity index (χ0v) is 53.0. The molecule has 4 aromatic rings. The topological polar surface area (TPSA) is 177 Å². The molecule has 0 saturated carbocycles. The lowest BCUT2D eigenvalue weighted by atomic mass is 9.91. The van der Waals surface area contributed by atoms with E-state index in [1.165, 1.54) is 52.7 Å². The van der Waals surface area contributed by atoms with Crippen LogP contribution in [-0.2, 0) is 30.4 Å². The van der Waals surface area contributed by atoms with Gasteiger partial charge in [-0.1, -0.05) is 177 Å². The molecule has 2 aliphatic heterocycles. The second kappa shape index (κ2) is 45.8. The van der Waals surface area contributed by atoms with Gasteiger partial charge in [0.05, 0.1) is 32.5 Å². The number of alkyl carbamates (subject to hydrolysis) is 2. The highest BCUT2D eigenvalue weighted by molar-refractivity contribution is 6.02. The zero-order chi connectivity index (χ0) is 61.9. The average molecular weight is 1120 g/mol. The normalized spacial score (nSPS) is 14.2. The van der Waals surface area contributed by atoms with E-state index in [1.54, 1.807) is 14.2 Å². The molecule has 1 fully saturated rings. The summed E-state index contributed by atoms with van der Waals surface area (Å²) in [6.07, 6.45) is 20.4. The summed E-state index contributed by atoms with van der Waals surface area (Å²) in [5.41, 5.74) is 8.46. The van der Waals surface area contributed by atoms with Gasteiger partial charge in [0, 0.05) is 60.8 Å². The lowest BCUT2D eigenvalue weighted by molar-refractivity contribution is -0.133. The summed E-state index contributed by atoms with van der Waals surface area (Å²) in [6, 6.07) is 20.8. The number of aliphatic imine (C=N–C) groups is 1. The number of allylic oxidation sites excluding steroid dienone is 1. The fraction of sp³-hybridized carbons (Fsp3) is 0.537. The van der Waals surface area contributed by atoms with E-state index >= 15 is 0 Å². The quantitative estimate of drug-likeness (QED) is 0.0306. The third-order valence-corrected chi connectivity index (χ3v) is 12.6. The summed E-state index contributed by atoms with van der Waals surface area (Å²) >= 11 is 0. The molecule has 4 aromatic carbocycles. The Bertz CT molecular complexity index is 2470. The predicted molar refractivity (Wildman–Crippen MR) is 340 cm³/mol. The van der Waals surface area contributed by atoms with Crippen molar-refractivity contribution in [1.29, 1.82) is 0 Å². The molecule has 1 saturated heterocycles. The van der Waals surface area contributed by atoms with Crippen LogP contribution in [0.2, 0.25) is 0 Å². The highest BCUT2D eigenvalue weighted by Crippen LogP contribution is 2.45. The molecule has 0 radical (unpaired) electrons. The Morgan fingerprint density at radius 1 is 0.852 bits per heavy atom. The molecule has 0 spiro atoms. The van der Waals surface area contributed by atoms with Gasteiger partial charge >= 0.3 is 12.2 Å². The van der Waals surface area contributed by atoms with Crippen LogP contribution in [0.15, 0.2) is 77.8 Å². The summed E-state index contributed by atoms with van der Waals surface area (Å²) < 4.78 is 19.8. The van der Waals surface area contributed by atoms with Crippen LogP contribution in [0.4, 0.5) is 15.3 Å². The number of benzene rings is 4. The Balaban J connectivity index is 0. The summed E-state index contributed by atoms with van der Waals surface area (Å²) in [5.74, 6) is 1.97. The van der Waals surface area contributed by atoms with E-state index in [4.69, 9.17) is 14.5 Å². The minimum Gasteiger partial charge on any atom is -0.508 e. The number of likely N-dealkylation sites (tertiary alicyclic amines) is 1. The number of rotatable bonds is 19. The van der Waals surface area contributed by atoms with Crippen molar-refractivity contribution < 1.29 is 43.2 Å². The van der Waals surface area contributed by atoms with Crippen LogP contribution in [0.25, 0.3) is 27.6 Å². The second-order valence-corrected chi connectivity index (χ2v) is 18.8. The van der Waals surface area contributed by atoms with E-state index in [9.17, 15) is 24.3 Å². The molecular formula is C67H105N5O9. The molecule has 6 rings (SSSR count). The Hall–Kier alpha value is -6.85. The van der Waals surface area contributed by atoms with E-state index in [2.05, 4.69) is 110 Å². The van der Waals surface area contributed by atoms with Gasteiger partial charge in [0.2, 0.25) is 5.91 Å². The third kappa shape index (κ3) is 25.7. The first-order chi connectivity index (χ1) is 39.2. The molecule has 0 bridgehead atoms. The maximum absolute atomic E-state index is 14.4. The smallest absolute Gasteiger partial charge is 0.407 e. The van der Waals surface area contributed by atoms with Gasteiger partial charge in [-0.15, -0.1) is 12.8 Å². The van der Waals surface area contributed by atoms with Gasteiger partial charge in [-0.25, -0.2) is 9.59 Å². The number of carbonyl (C=O) groups excluding carboxylic acids is 4. The number of anilines is 1. The number of phenolic OH excluding ortho intramolecular Hbond substituents is 1. The van der Waals surface area contributed by atoms with Crippen molar-refractivity contribution in [1.82, 2.24) is 15.5 Å². The highest BCUT2D eigenvalue weighted by Gasteiger charge is 2.40. The standard InChI is InChI=1S/C50H64N4O5.C4H7NO3.C3H8.C2H6O.3C2H6.C2H2/c1-8-11-18-32(4)19-15-16-24-51-47-34(6)45(55)28-37-27-41-39-23-22-36(26-38(39)31-59-46(41)29-40(37)47)42(10-3)52-43(17-9-2)44-25-33(5)30-54(44)49(56)48(53-50(57)58-7)35-20-13-12-14-21-35;1-8-4(7)5-2-3-6;2*1-3-2;4*1-2/h10,12-14,20-23,26-29,32-33,44,48,51,55H,8-9,11,15-19,24-25,30-31H2,1-7H3,(H,53,57);3H,2H2,1H3,(H,5,7);3H2,1-2H3;1-2H3;3*1-2H3;1-2H/b42-10-,52-43?;;;;;;;/t32-,33+,44+,48-;;;;;;;/m1......./s1. The number of aldehydes is 1. The lowest BCUT2D eigenvalue weighted by Gasteiger charge is -2.30. The van der Waals surface area contributed by atoms with E-state index in [0.717, 1.165) is 99.6 Å². The second-order valence-electron chi connectivity index (χ2n) is 18.8. The summed E-state index contributed by atoms with van der Waals surface area (Å²) in [5, 5.41) is 21.6. The molecule has 14 heteroatoms. The first-order valence-electron chi connectivity index (χ1n) is 29.4. The molecule has 2 heterocycles.